The molecule has 1 aliphatic carbocycles. The molecule has 0 saturated heterocycles. The zero-order chi connectivity index (χ0) is 15.2. The molecule has 3 heteroatoms. The molecule has 0 saturated carbocycles. The van der Waals surface area contributed by atoms with Crippen LogP contribution in [-0.2, 0) is 9.22 Å². The van der Waals surface area contributed by atoms with Gasteiger partial charge in [-0.3, -0.25) is 4.79 Å². The molecule has 0 unspecified atom stereocenters. The second-order valence-corrected chi connectivity index (χ2v) is 12.8. The summed E-state index contributed by atoms with van der Waals surface area (Å²) in [5.74, 6) is 0.250. The maximum Gasteiger partial charge on any atom is 0.192 e. The minimum atomic E-state index is -1.84. The van der Waals surface area contributed by atoms with Gasteiger partial charge in [-0.25, -0.2) is 0 Å². The maximum atomic E-state index is 12.5. The first-order valence-corrected chi connectivity index (χ1v) is 10.1. The molecule has 2 nitrogen and oxygen atoms in total. The monoisotopic (exact) mass is 282 g/mol. The molecule has 1 rings (SSSR count). The van der Waals surface area contributed by atoms with Crippen molar-refractivity contribution < 1.29 is 9.22 Å². The Morgan fingerprint density at radius 2 is 1.68 bits per heavy atom. The summed E-state index contributed by atoms with van der Waals surface area (Å²) in [7, 11) is -1.84. The zero-order valence-electron chi connectivity index (χ0n) is 14.1. The molecule has 19 heavy (non-hydrogen) atoms. The van der Waals surface area contributed by atoms with Gasteiger partial charge in [0.1, 0.15) is 0 Å². The number of hydrogen-bond donors (Lipinski definition) is 0. The van der Waals surface area contributed by atoms with Crippen molar-refractivity contribution in [2.24, 2.45) is 5.41 Å². The first-order chi connectivity index (χ1) is 8.30. The van der Waals surface area contributed by atoms with E-state index in [1.165, 1.54) is 5.57 Å². The zero-order valence-corrected chi connectivity index (χ0v) is 15.1. The Labute approximate surface area is 119 Å². The van der Waals surface area contributed by atoms with E-state index in [9.17, 15) is 4.79 Å². The molecule has 0 amide bonds. The summed E-state index contributed by atoms with van der Waals surface area (Å²) in [5, 5.41) is 0.177. The molecule has 0 aromatic carbocycles. The van der Waals surface area contributed by atoms with Crippen LogP contribution in [0.2, 0.25) is 18.1 Å². The third kappa shape index (κ3) is 3.02. The quantitative estimate of drug-likeness (QED) is 0.685. The third-order valence-electron chi connectivity index (χ3n) is 5.11. The molecule has 0 bridgehead atoms. The van der Waals surface area contributed by atoms with Crippen LogP contribution in [0.15, 0.2) is 11.1 Å². The summed E-state index contributed by atoms with van der Waals surface area (Å²) in [6.45, 7) is 19.3. The van der Waals surface area contributed by atoms with Crippen molar-refractivity contribution in [3.63, 3.8) is 0 Å². The summed E-state index contributed by atoms with van der Waals surface area (Å²) in [6.07, 6.45) is 0.904. The molecule has 110 valence electrons. The van der Waals surface area contributed by atoms with Crippen molar-refractivity contribution in [2.45, 2.75) is 79.1 Å². The lowest BCUT2D eigenvalue weighted by Gasteiger charge is -2.46. The topological polar surface area (TPSA) is 26.3 Å². The number of carbonyl (C=O) groups excluding carboxylic acids is 1. The molecule has 1 atom stereocenters. The highest BCUT2D eigenvalue weighted by molar-refractivity contribution is 6.74. The average Bonchev–Trinajstić information content (AvgIpc) is 2.22. The van der Waals surface area contributed by atoms with Gasteiger partial charge in [-0.2, -0.15) is 0 Å². The van der Waals surface area contributed by atoms with Crippen molar-refractivity contribution in [1.82, 2.24) is 0 Å². The number of allylic oxidation sites excluding steroid dienone is 1. The molecular weight excluding hydrogens is 252 g/mol. The minimum absolute atomic E-state index is 0.0181. The number of carbonyl (C=O) groups is 1. The molecule has 0 aromatic rings. The van der Waals surface area contributed by atoms with E-state index >= 15 is 0 Å². The molecule has 0 aliphatic heterocycles. The van der Waals surface area contributed by atoms with Gasteiger partial charge in [-0.15, -0.1) is 0 Å². The Balaban J connectivity index is 3.07. The minimum Gasteiger partial charge on any atom is -0.413 e. The molecule has 0 fully saturated rings. The standard InChI is InChI=1S/C16H30O2Si/c1-11-10-13(16(6,7)14(17)12(11)2)18-19(8,9)15(3,4)5/h13H,10H2,1-9H3/t13-/m0/s1. The number of Topliss-reactive ketones (excluding diaryl/α,β-unsaturated/α-hetero) is 1. The molecule has 0 spiro atoms. The van der Waals surface area contributed by atoms with Crippen molar-refractivity contribution >= 4 is 14.1 Å². The Morgan fingerprint density at radius 3 is 2.11 bits per heavy atom. The summed E-state index contributed by atoms with van der Waals surface area (Å²) in [4.78, 5) is 12.5. The second kappa shape index (κ2) is 4.85. The van der Waals surface area contributed by atoms with Crippen LogP contribution in [0, 0.1) is 5.41 Å². The van der Waals surface area contributed by atoms with Gasteiger partial charge in [0.05, 0.1) is 11.5 Å². The average molecular weight is 282 g/mol. The predicted molar refractivity (Wildman–Crippen MR) is 83.8 cm³/mol. The van der Waals surface area contributed by atoms with Gasteiger partial charge in [0, 0.05) is 0 Å². The van der Waals surface area contributed by atoms with Gasteiger partial charge < -0.3 is 4.43 Å². The maximum absolute atomic E-state index is 12.5. The van der Waals surface area contributed by atoms with Gasteiger partial charge in [0.15, 0.2) is 14.1 Å². The van der Waals surface area contributed by atoms with Crippen molar-refractivity contribution in [3.05, 3.63) is 11.1 Å². The fourth-order valence-corrected chi connectivity index (χ4v) is 3.67. The van der Waals surface area contributed by atoms with E-state index < -0.39 is 13.7 Å². The Bertz CT molecular complexity index is 411. The Morgan fingerprint density at radius 1 is 1.21 bits per heavy atom. The van der Waals surface area contributed by atoms with Crippen LogP contribution in [0.3, 0.4) is 0 Å². The van der Waals surface area contributed by atoms with Gasteiger partial charge >= 0.3 is 0 Å². The fourth-order valence-electron chi connectivity index (χ4n) is 2.23. The van der Waals surface area contributed by atoms with Crippen molar-refractivity contribution in [1.29, 1.82) is 0 Å². The van der Waals surface area contributed by atoms with Gasteiger partial charge in [0.25, 0.3) is 0 Å². The van der Waals surface area contributed by atoms with Crippen LogP contribution < -0.4 is 0 Å². The van der Waals surface area contributed by atoms with E-state index in [0.29, 0.717) is 0 Å². The molecule has 1 aliphatic rings. The molecule has 0 heterocycles. The van der Waals surface area contributed by atoms with Crippen LogP contribution in [0.1, 0.15) is 54.9 Å². The summed E-state index contributed by atoms with van der Waals surface area (Å²) >= 11 is 0. The van der Waals surface area contributed by atoms with Gasteiger partial charge in [0.2, 0.25) is 0 Å². The lowest BCUT2D eigenvalue weighted by molar-refractivity contribution is -0.129. The van der Waals surface area contributed by atoms with E-state index in [4.69, 9.17) is 4.43 Å². The van der Waals surface area contributed by atoms with Gasteiger partial charge in [-0.05, 0) is 44.0 Å². The first kappa shape index (κ1) is 16.6. The second-order valence-electron chi connectivity index (χ2n) is 8.03. The highest BCUT2D eigenvalue weighted by atomic mass is 28.4. The van der Waals surface area contributed by atoms with E-state index in [2.05, 4.69) is 40.8 Å². The van der Waals surface area contributed by atoms with Crippen LogP contribution in [0.25, 0.3) is 0 Å². The van der Waals surface area contributed by atoms with Crippen LogP contribution in [-0.4, -0.2) is 20.2 Å². The largest absolute Gasteiger partial charge is 0.413 e. The van der Waals surface area contributed by atoms with Crippen LogP contribution in [0.4, 0.5) is 0 Å². The summed E-state index contributed by atoms with van der Waals surface area (Å²) in [5.41, 5.74) is 1.71. The van der Waals surface area contributed by atoms with Crippen molar-refractivity contribution in [2.75, 3.05) is 0 Å². The van der Waals surface area contributed by atoms with Crippen LogP contribution in [0.5, 0.6) is 0 Å². The normalized spacial score (nSPS) is 24.9. The van der Waals surface area contributed by atoms with Gasteiger partial charge in [-0.1, -0.05) is 40.2 Å². The highest BCUT2D eigenvalue weighted by Gasteiger charge is 2.47. The summed E-state index contributed by atoms with van der Waals surface area (Å²) < 4.78 is 6.53. The first-order valence-electron chi connectivity index (χ1n) is 7.19. The molecule has 0 aromatic heterocycles. The fraction of sp³-hybridized carbons (Fsp3) is 0.812. The Hall–Kier alpha value is -0.413. The number of hydrogen-bond acceptors (Lipinski definition) is 2. The third-order valence-corrected chi connectivity index (χ3v) is 9.59. The number of ketones is 1. The lowest BCUT2D eigenvalue weighted by Crippen LogP contribution is -2.51. The van der Waals surface area contributed by atoms with E-state index in [1.54, 1.807) is 0 Å². The predicted octanol–water partition coefficient (Wildman–Crippen LogP) is 4.71. The lowest BCUT2D eigenvalue weighted by atomic mass is 9.72. The molecule has 0 N–H and O–H groups in total. The van der Waals surface area contributed by atoms with Crippen LogP contribution >= 0.6 is 0 Å². The smallest absolute Gasteiger partial charge is 0.192 e. The Kier molecular flexibility index (Phi) is 4.25. The molecular formula is C16H30O2Si. The SMILES string of the molecule is CC1=C(C)C(=O)C(C)(C)[C@@H](O[Si](C)(C)C(C)(C)C)C1. The van der Waals surface area contributed by atoms with E-state index in [-0.39, 0.29) is 16.9 Å². The molecule has 0 radical (unpaired) electrons. The van der Waals surface area contributed by atoms with Crippen molar-refractivity contribution in [3.8, 4) is 0 Å². The number of rotatable bonds is 2. The summed E-state index contributed by atoms with van der Waals surface area (Å²) in [6, 6.07) is 0. The highest BCUT2D eigenvalue weighted by Crippen LogP contribution is 2.44. The van der Waals surface area contributed by atoms with E-state index in [0.717, 1.165) is 12.0 Å². The van der Waals surface area contributed by atoms with E-state index in [1.807, 2.05) is 20.8 Å².